The number of carbonyl (C=O) groups is 1. The molecule has 10 heteroatoms. The molecule has 31 heavy (non-hydrogen) atoms. The molecule has 0 radical (unpaired) electrons. The molecular formula is C21H17BrN6O2S. The topological polar surface area (TPSA) is 98.2 Å². The van der Waals surface area contributed by atoms with Gasteiger partial charge < -0.3 is 4.42 Å². The number of hydrogen-bond donors (Lipinski definition) is 1. The summed E-state index contributed by atoms with van der Waals surface area (Å²) in [5.74, 6) is 1.88. The third-order valence-corrected chi connectivity index (χ3v) is 5.59. The predicted octanol–water partition coefficient (Wildman–Crippen LogP) is 4.24. The maximum absolute atomic E-state index is 12.2. The average molecular weight is 497 g/mol. The van der Waals surface area contributed by atoms with E-state index in [0.29, 0.717) is 16.7 Å². The number of pyridine rings is 1. The Morgan fingerprint density at radius 3 is 2.65 bits per heavy atom. The Bertz CT molecular complexity index is 1200. The third-order valence-electron chi connectivity index (χ3n) is 4.13. The van der Waals surface area contributed by atoms with Gasteiger partial charge in [-0.25, -0.2) is 5.43 Å². The highest BCUT2D eigenvalue weighted by Crippen LogP contribution is 2.28. The van der Waals surface area contributed by atoms with E-state index in [9.17, 15) is 4.79 Å². The van der Waals surface area contributed by atoms with Gasteiger partial charge in [-0.05, 0) is 55.5 Å². The second-order valence-electron chi connectivity index (χ2n) is 6.38. The molecule has 1 amide bonds. The minimum absolute atomic E-state index is 0.125. The van der Waals surface area contributed by atoms with Gasteiger partial charge in [0, 0.05) is 28.1 Å². The lowest BCUT2D eigenvalue weighted by atomic mass is 10.2. The predicted molar refractivity (Wildman–Crippen MR) is 122 cm³/mol. The number of benzene rings is 1. The third kappa shape index (κ3) is 5.28. The van der Waals surface area contributed by atoms with Gasteiger partial charge in [0.1, 0.15) is 11.5 Å². The molecule has 0 fully saturated rings. The molecule has 1 aromatic carbocycles. The molecule has 0 aliphatic rings. The number of thioether (sulfide) groups is 1. The summed E-state index contributed by atoms with van der Waals surface area (Å²) in [7, 11) is 0. The molecule has 0 unspecified atom stereocenters. The van der Waals surface area contributed by atoms with Crippen molar-refractivity contribution >= 4 is 39.8 Å². The van der Waals surface area contributed by atoms with Crippen LogP contribution in [0.4, 0.5) is 0 Å². The van der Waals surface area contributed by atoms with Crippen LogP contribution < -0.4 is 5.43 Å². The summed E-state index contributed by atoms with van der Waals surface area (Å²) in [6, 6.07) is 15.1. The molecule has 0 bridgehead atoms. The van der Waals surface area contributed by atoms with Crippen LogP contribution in [0.1, 0.15) is 11.5 Å². The maximum Gasteiger partial charge on any atom is 0.250 e. The average Bonchev–Trinajstić information content (AvgIpc) is 3.39. The highest BCUT2D eigenvalue weighted by Gasteiger charge is 2.17. The molecule has 0 saturated heterocycles. The summed E-state index contributed by atoms with van der Waals surface area (Å²) in [6.45, 7) is 1.84. The van der Waals surface area contributed by atoms with Crippen LogP contribution in [-0.4, -0.2) is 37.6 Å². The lowest BCUT2D eigenvalue weighted by molar-refractivity contribution is -0.118. The van der Waals surface area contributed by atoms with Crippen molar-refractivity contribution in [2.75, 3.05) is 5.75 Å². The standard InChI is InChI=1S/C21H17BrN6O2S/c1-14-2-7-18(30-14)12-24-25-19(29)13-31-21-27-26-20(15-8-10-23-11-9-15)28(21)17-5-3-16(22)4-6-17/h2-12H,13H2,1H3,(H,25,29)/b24-12+. The number of aryl methyl sites for hydroxylation is 1. The van der Waals surface area contributed by atoms with E-state index in [1.807, 2.05) is 54.0 Å². The summed E-state index contributed by atoms with van der Waals surface area (Å²) >= 11 is 4.73. The number of nitrogens with zero attached hydrogens (tertiary/aromatic N) is 5. The first-order valence-electron chi connectivity index (χ1n) is 9.23. The van der Waals surface area contributed by atoms with E-state index in [4.69, 9.17) is 4.42 Å². The van der Waals surface area contributed by atoms with Crippen LogP contribution in [0.25, 0.3) is 17.1 Å². The number of hydrazone groups is 1. The fourth-order valence-electron chi connectivity index (χ4n) is 2.73. The van der Waals surface area contributed by atoms with Crippen LogP contribution in [0.5, 0.6) is 0 Å². The van der Waals surface area contributed by atoms with Gasteiger partial charge in [-0.3, -0.25) is 14.3 Å². The van der Waals surface area contributed by atoms with Gasteiger partial charge in [0.15, 0.2) is 11.0 Å². The Labute approximate surface area is 190 Å². The van der Waals surface area contributed by atoms with Gasteiger partial charge in [0.05, 0.1) is 12.0 Å². The summed E-state index contributed by atoms with van der Waals surface area (Å²) in [5.41, 5.74) is 4.25. The van der Waals surface area contributed by atoms with Gasteiger partial charge in [-0.1, -0.05) is 27.7 Å². The van der Waals surface area contributed by atoms with Crippen LogP contribution in [0.2, 0.25) is 0 Å². The molecule has 0 saturated carbocycles. The zero-order chi connectivity index (χ0) is 21.6. The Balaban J connectivity index is 1.51. The molecule has 0 aliphatic heterocycles. The number of rotatable bonds is 7. The smallest absolute Gasteiger partial charge is 0.250 e. The Hall–Kier alpha value is -3.24. The Morgan fingerprint density at radius 2 is 1.94 bits per heavy atom. The summed E-state index contributed by atoms with van der Waals surface area (Å²) in [5, 5.41) is 13.2. The van der Waals surface area contributed by atoms with Gasteiger partial charge in [0.2, 0.25) is 0 Å². The number of amides is 1. The molecule has 8 nitrogen and oxygen atoms in total. The molecule has 3 heterocycles. The fraction of sp³-hybridized carbons (Fsp3) is 0.0952. The maximum atomic E-state index is 12.2. The summed E-state index contributed by atoms with van der Waals surface area (Å²) < 4.78 is 8.25. The van der Waals surface area contributed by atoms with E-state index in [2.05, 4.69) is 41.6 Å². The molecule has 3 aromatic heterocycles. The zero-order valence-corrected chi connectivity index (χ0v) is 18.8. The molecule has 156 valence electrons. The van der Waals surface area contributed by atoms with Crippen LogP contribution in [0, 0.1) is 6.92 Å². The van der Waals surface area contributed by atoms with Gasteiger partial charge in [-0.2, -0.15) is 5.10 Å². The normalized spacial score (nSPS) is 11.2. The van der Waals surface area contributed by atoms with Crippen molar-refractivity contribution in [3.05, 3.63) is 76.9 Å². The van der Waals surface area contributed by atoms with E-state index in [-0.39, 0.29) is 11.7 Å². The van der Waals surface area contributed by atoms with Gasteiger partial charge in [-0.15, -0.1) is 10.2 Å². The van der Waals surface area contributed by atoms with E-state index in [1.165, 1.54) is 18.0 Å². The molecule has 4 rings (SSSR count). The largest absolute Gasteiger partial charge is 0.460 e. The molecule has 1 N–H and O–H groups in total. The van der Waals surface area contributed by atoms with Crippen molar-refractivity contribution in [1.82, 2.24) is 25.2 Å². The first-order valence-corrected chi connectivity index (χ1v) is 11.0. The van der Waals surface area contributed by atoms with Crippen molar-refractivity contribution < 1.29 is 9.21 Å². The first kappa shape index (κ1) is 21.0. The SMILES string of the molecule is Cc1ccc(/C=N/NC(=O)CSc2nnc(-c3ccncc3)n2-c2ccc(Br)cc2)o1. The van der Waals surface area contributed by atoms with Gasteiger partial charge in [0.25, 0.3) is 5.91 Å². The highest BCUT2D eigenvalue weighted by atomic mass is 79.9. The molecule has 0 atom stereocenters. The van der Waals surface area contributed by atoms with Crippen LogP contribution >= 0.6 is 27.7 Å². The van der Waals surface area contributed by atoms with Crippen molar-refractivity contribution in [3.8, 4) is 17.1 Å². The van der Waals surface area contributed by atoms with Crippen molar-refractivity contribution in [1.29, 1.82) is 0 Å². The van der Waals surface area contributed by atoms with Crippen molar-refractivity contribution in [2.24, 2.45) is 5.10 Å². The second kappa shape index (κ2) is 9.71. The number of aromatic nitrogens is 4. The number of nitrogens with one attached hydrogen (secondary N) is 1. The Kier molecular flexibility index (Phi) is 6.58. The fourth-order valence-corrected chi connectivity index (χ4v) is 3.74. The van der Waals surface area contributed by atoms with Crippen LogP contribution in [-0.2, 0) is 4.79 Å². The minimum atomic E-state index is -0.264. The van der Waals surface area contributed by atoms with E-state index in [1.54, 1.807) is 18.5 Å². The minimum Gasteiger partial charge on any atom is -0.460 e. The first-order chi connectivity index (χ1) is 15.1. The lowest BCUT2D eigenvalue weighted by Gasteiger charge is -2.10. The Morgan fingerprint density at radius 1 is 1.16 bits per heavy atom. The number of halogens is 1. The van der Waals surface area contributed by atoms with Crippen LogP contribution in [0.15, 0.2) is 80.1 Å². The lowest BCUT2D eigenvalue weighted by Crippen LogP contribution is -2.19. The van der Waals surface area contributed by atoms with Crippen molar-refractivity contribution in [3.63, 3.8) is 0 Å². The summed E-state index contributed by atoms with van der Waals surface area (Å²) in [6.07, 6.45) is 4.87. The van der Waals surface area contributed by atoms with E-state index < -0.39 is 0 Å². The number of carbonyl (C=O) groups excluding carboxylic acids is 1. The zero-order valence-electron chi connectivity index (χ0n) is 16.4. The second-order valence-corrected chi connectivity index (χ2v) is 8.24. The van der Waals surface area contributed by atoms with Crippen LogP contribution in [0.3, 0.4) is 0 Å². The van der Waals surface area contributed by atoms with E-state index in [0.717, 1.165) is 21.5 Å². The highest BCUT2D eigenvalue weighted by molar-refractivity contribution is 9.10. The monoisotopic (exact) mass is 496 g/mol. The van der Waals surface area contributed by atoms with E-state index >= 15 is 0 Å². The van der Waals surface area contributed by atoms with Crippen molar-refractivity contribution in [2.45, 2.75) is 12.1 Å². The molecule has 0 aliphatic carbocycles. The number of hydrogen-bond acceptors (Lipinski definition) is 7. The molecule has 0 spiro atoms. The van der Waals surface area contributed by atoms with Gasteiger partial charge >= 0.3 is 0 Å². The summed E-state index contributed by atoms with van der Waals surface area (Å²) in [4.78, 5) is 16.3. The molecule has 4 aromatic rings. The molecular weight excluding hydrogens is 480 g/mol. The number of furan rings is 1. The quantitative estimate of drug-likeness (QED) is 0.233.